The van der Waals surface area contributed by atoms with E-state index in [9.17, 15) is 13.5 Å². The van der Waals surface area contributed by atoms with E-state index in [1.165, 1.54) is 0 Å². The molecule has 23 heavy (non-hydrogen) atoms. The molecule has 1 aromatic rings. The van der Waals surface area contributed by atoms with Crippen molar-refractivity contribution in [1.82, 2.24) is 4.72 Å². The van der Waals surface area contributed by atoms with Gasteiger partial charge in [-0.3, -0.25) is 0 Å². The zero-order valence-electron chi connectivity index (χ0n) is 15.3. The molecule has 0 bridgehead atoms. The maximum atomic E-state index is 12.8. The molecule has 0 saturated heterocycles. The van der Waals surface area contributed by atoms with E-state index in [1.807, 2.05) is 39.8 Å². The Morgan fingerprint density at radius 2 is 1.35 bits per heavy atom. The lowest BCUT2D eigenvalue weighted by Crippen LogP contribution is -2.32. The highest BCUT2D eigenvalue weighted by Gasteiger charge is 2.26. The van der Waals surface area contributed by atoms with Crippen LogP contribution in [-0.2, 0) is 10.0 Å². The minimum Gasteiger partial charge on any atom is -0.392 e. The third-order valence-corrected chi connectivity index (χ3v) is 5.47. The van der Waals surface area contributed by atoms with E-state index in [4.69, 9.17) is 0 Å². The molecule has 1 unspecified atom stereocenters. The summed E-state index contributed by atoms with van der Waals surface area (Å²) in [6.07, 6.45) is -0.718. The topological polar surface area (TPSA) is 66.4 Å². The highest BCUT2D eigenvalue weighted by Crippen LogP contribution is 2.34. The average molecular weight is 342 g/mol. The molecule has 5 heteroatoms. The van der Waals surface area contributed by atoms with Crippen LogP contribution < -0.4 is 4.72 Å². The normalized spacial score (nSPS) is 14.0. The van der Waals surface area contributed by atoms with Gasteiger partial charge in [0.1, 0.15) is 0 Å². The van der Waals surface area contributed by atoms with Crippen LogP contribution in [0.4, 0.5) is 0 Å². The van der Waals surface area contributed by atoms with E-state index >= 15 is 0 Å². The minimum atomic E-state index is -3.66. The van der Waals surface area contributed by atoms with Crippen LogP contribution in [0.2, 0.25) is 0 Å². The average Bonchev–Trinajstić information content (AvgIpc) is 2.43. The maximum absolute atomic E-state index is 12.8. The van der Waals surface area contributed by atoms with Gasteiger partial charge in [-0.05, 0) is 41.4 Å². The molecule has 132 valence electrons. The zero-order valence-corrected chi connectivity index (χ0v) is 16.2. The van der Waals surface area contributed by atoms with Crippen LogP contribution in [0.1, 0.15) is 82.9 Å². The van der Waals surface area contributed by atoms with Crippen molar-refractivity contribution in [3.63, 3.8) is 0 Å². The quantitative estimate of drug-likeness (QED) is 0.794. The van der Waals surface area contributed by atoms with Crippen LogP contribution >= 0.6 is 0 Å². The van der Waals surface area contributed by atoms with Gasteiger partial charge >= 0.3 is 0 Å². The Labute approximate surface area is 141 Å². The summed E-state index contributed by atoms with van der Waals surface area (Å²) in [6.45, 7) is 13.9. The van der Waals surface area contributed by atoms with Gasteiger partial charge in [0.15, 0.2) is 0 Å². The monoisotopic (exact) mass is 341 g/mol. The molecule has 2 N–H and O–H groups in total. The van der Waals surface area contributed by atoms with Gasteiger partial charge in [0.05, 0.1) is 11.0 Å². The SMILES string of the molecule is CC(O)CNS(=O)(=O)c1c(C(C)C)cc(C(C)C)cc1C(C)C. The van der Waals surface area contributed by atoms with Gasteiger partial charge in [0.25, 0.3) is 0 Å². The first kappa shape index (κ1) is 20.1. The van der Waals surface area contributed by atoms with Gasteiger partial charge < -0.3 is 5.11 Å². The van der Waals surface area contributed by atoms with E-state index in [0.29, 0.717) is 10.8 Å². The molecule has 0 radical (unpaired) electrons. The Kier molecular flexibility index (Phi) is 6.81. The minimum absolute atomic E-state index is 0.0172. The van der Waals surface area contributed by atoms with Gasteiger partial charge in [-0.25, -0.2) is 13.1 Å². The molecule has 0 amide bonds. The third kappa shape index (κ3) is 5.03. The van der Waals surface area contributed by atoms with Crippen molar-refractivity contribution < 1.29 is 13.5 Å². The number of sulfonamides is 1. The summed E-state index contributed by atoms with van der Waals surface area (Å²) < 4.78 is 28.2. The predicted octanol–water partition coefficient (Wildman–Crippen LogP) is 3.72. The van der Waals surface area contributed by atoms with Crippen molar-refractivity contribution in [1.29, 1.82) is 0 Å². The zero-order chi connectivity index (χ0) is 17.9. The molecule has 0 heterocycles. The van der Waals surface area contributed by atoms with Crippen LogP contribution in [-0.4, -0.2) is 26.2 Å². The van der Waals surface area contributed by atoms with Crippen molar-refractivity contribution in [3.05, 3.63) is 28.8 Å². The lowest BCUT2D eigenvalue weighted by Gasteiger charge is -2.23. The number of hydrogen-bond donors (Lipinski definition) is 2. The molecule has 0 spiro atoms. The maximum Gasteiger partial charge on any atom is 0.241 e. The van der Waals surface area contributed by atoms with E-state index in [0.717, 1.165) is 16.7 Å². The molecule has 1 atom stereocenters. The molecule has 4 nitrogen and oxygen atoms in total. The van der Waals surface area contributed by atoms with Crippen molar-refractivity contribution >= 4 is 10.0 Å². The lowest BCUT2D eigenvalue weighted by molar-refractivity contribution is 0.198. The third-order valence-electron chi connectivity index (χ3n) is 3.92. The summed E-state index contributed by atoms with van der Waals surface area (Å²) in [5, 5.41) is 9.41. The van der Waals surface area contributed by atoms with E-state index < -0.39 is 16.1 Å². The smallest absolute Gasteiger partial charge is 0.241 e. The number of benzene rings is 1. The van der Waals surface area contributed by atoms with Crippen molar-refractivity contribution in [2.24, 2.45) is 0 Å². The fraction of sp³-hybridized carbons (Fsp3) is 0.667. The predicted molar refractivity (Wildman–Crippen MR) is 95.6 cm³/mol. The standard InChI is InChI=1S/C18H31NO3S/c1-11(2)15-8-16(12(3)4)18(17(9-15)13(5)6)23(21,22)19-10-14(7)20/h8-9,11-14,19-20H,10H2,1-7H3. The second-order valence-corrected chi connectivity index (χ2v) is 8.90. The van der Waals surface area contributed by atoms with Crippen LogP contribution in [0.3, 0.4) is 0 Å². The summed E-state index contributed by atoms with van der Waals surface area (Å²) >= 11 is 0. The van der Waals surface area contributed by atoms with Crippen LogP contribution in [0.15, 0.2) is 17.0 Å². The first-order chi connectivity index (χ1) is 10.5. The lowest BCUT2D eigenvalue weighted by atomic mass is 9.89. The summed E-state index contributed by atoms with van der Waals surface area (Å²) in [6, 6.07) is 4.02. The van der Waals surface area contributed by atoms with E-state index in [1.54, 1.807) is 6.92 Å². The molecule has 0 aromatic heterocycles. The van der Waals surface area contributed by atoms with Crippen molar-refractivity contribution in [2.75, 3.05) is 6.54 Å². The van der Waals surface area contributed by atoms with Gasteiger partial charge in [-0.1, -0.05) is 53.7 Å². The number of aliphatic hydroxyl groups is 1. The number of hydrogen-bond acceptors (Lipinski definition) is 3. The second-order valence-electron chi connectivity index (χ2n) is 7.19. The van der Waals surface area contributed by atoms with Gasteiger partial charge in [0, 0.05) is 6.54 Å². The highest BCUT2D eigenvalue weighted by atomic mass is 32.2. The summed E-state index contributed by atoms with van der Waals surface area (Å²) in [5.41, 5.74) is 2.85. The first-order valence-corrected chi connectivity index (χ1v) is 9.81. The highest BCUT2D eigenvalue weighted by molar-refractivity contribution is 7.89. The van der Waals surface area contributed by atoms with E-state index in [-0.39, 0.29) is 18.4 Å². The van der Waals surface area contributed by atoms with E-state index in [2.05, 4.69) is 18.6 Å². The summed E-state index contributed by atoms with van der Waals surface area (Å²) in [7, 11) is -3.66. The largest absolute Gasteiger partial charge is 0.392 e. The van der Waals surface area contributed by atoms with Crippen LogP contribution in [0, 0.1) is 0 Å². The molecule has 0 saturated carbocycles. The van der Waals surface area contributed by atoms with Crippen molar-refractivity contribution in [2.45, 2.75) is 77.2 Å². The molecule has 0 aliphatic rings. The number of nitrogens with one attached hydrogen (secondary N) is 1. The Balaban J connectivity index is 3.61. The molecule has 1 rings (SSSR count). The van der Waals surface area contributed by atoms with Crippen LogP contribution in [0.25, 0.3) is 0 Å². The Morgan fingerprint density at radius 1 is 0.913 bits per heavy atom. The van der Waals surface area contributed by atoms with Crippen LogP contribution in [0.5, 0.6) is 0 Å². The molecule has 1 aromatic carbocycles. The molecular formula is C18H31NO3S. The number of aliphatic hydroxyl groups excluding tert-OH is 1. The van der Waals surface area contributed by atoms with Gasteiger partial charge in [-0.15, -0.1) is 0 Å². The molecule has 0 aliphatic carbocycles. The molecule has 0 fully saturated rings. The first-order valence-electron chi connectivity index (χ1n) is 8.32. The molecular weight excluding hydrogens is 310 g/mol. The van der Waals surface area contributed by atoms with Gasteiger partial charge in [0.2, 0.25) is 10.0 Å². The van der Waals surface area contributed by atoms with Crippen molar-refractivity contribution in [3.8, 4) is 0 Å². The Hall–Kier alpha value is -0.910. The van der Waals surface area contributed by atoms with Gasteiger partial charge in [-0.2, -0.15) is 0 Å². The Bertz CT molecular complexity index is 603. The number of rotatable bonds is 7. The fourth-order valence-corrected chi connectivity index (χ4v) is 4.32. The molecule has 0 aliphatic heterocycles. The summed E-state index contributed by atoms with van der Waals surface area (Å²) in [4.78, 5) is 0.382. The fourth-order valence-electron chi connectivity index (χ4n) is 2.50. The Morgan fingerprint density at radius 3 is 1.65 bits per heavy atom. The summed E-state index contributed by atoms with van der Waals surface area (Å²) in [5.74, 6) is 0.542. The second kappa shape index (κ2) is 7.77.